The van der Waals surface area contributed by atoms with Crippen molar-refractivity contribution in [1.82, 2.24) is 0 Å². The lowest BCUT2D eigenvalue weighted by Crippen LogP contribution is -2.28. The zero-order valence-corrected chi connectivity index (χ0v) is 32.2. The summed E-state index contributed by atoms with van der Waals surface area (Å²) in [7, 11) is 0. The number of hydrogen-bond acceptors (Lipinski definition) is 2. The molecule has 1 aromatic heterocycles. The molecule has 0 aliphatic heterocycles. The molecule has 2 aliphatic carbocycles. The van der Waals surface area contributed by atoms with Crippen LogP contribution >= 0.6 is 11.3 Å². The third kappa shape index (κ3) is 4.73. The van der Waals surface area contributed by atoms with Gasteiger partial charge in [-0.05, 0) is 115 Å². The first-order chi connectivity index (χ1) is 27.5. The second kappa shape index (κ2) is 12.5. The molecule has 0 fully saturated rings. The van der Waals surface area contributed by atoms with Crippen molar-refractivity contribution in [3.63, 3.8) is 0 Å². The first-order valence-electron chi connectivity index (χ1n) is 19.5. The van der Waals surface area contributed by atoms with Crippen LogP contribution in [0.1, 0.15) is 47.2 Å². The summed E-state index contributed by atoms with van der Waals surface area (Å²) in [5, 5.41) is 1.39. The monoisotopic (exact) mass is 733 g/mol. The van der Waals surface area contributed by atoms with Gasteiger partial charge in [-0.1, -0.05) is 166 Å². The van der Waals surface area contributed by atoms with Crippen LogP contribution in [0.5, 0.6) is 0 Å². The standard InChI is InChI=1S/C54H39NS/c1-53(2)48-34-37(29-31-45(48)52-51(53)46-26-13-15-28-50(46)56-52)36-17-16-24-41(33-36)55(40-22-10-5-11-23-40)42-30-32-44-43-25-12-14-27-47(43)54(49(44)35-42,38-18-6-3-7-19-38)39-20-8-4-9-21-39/h3-35H,1-2H3. The zero-order chi connectivity index (χ0) is 37.4. The molecule has 0 bridgehead atoms. The van der Waals surface area contributed by atoms with Gasteiger partial charge in [-0.3, -0.25) is 0 Å². The lowest BCUT2D eigenvalue weighted by Gasteiger charge is -2.35. The lowest BCUT2D eigenvalue weighted by molar-refractivity contribution is 0.667. The number of nitrogens with zero attached hydrogens (tertiary/aromatic N) is 1. The maximum absolute atomic E-state index is 2.45. The van der Waals surface area contributed by atoms with E-state index in [2.05, 4.69) is 219 Å². The molecule has 2 heteroatoms. The van der Waals surface area contributed by atoms with E-state index >= 15 is 0 Å². The molecule has 1 nitrogen and oxygen atoms in total. The second-order valence-electron chi connectivity index (χ2n) is 15.7. The molecular formula is C54H39NS. The van der Waals surface area contributed by atoms with E-state index in [-0.39, 0.29) is 5.41 Å². The molecule has 266 valence electrons. The molecule has 0 spiro atoms. The summed E-state index contributed by atoms with van der Waals surface area (Å²) in [6.07, 6.45) is 0. The SMILES string of the molecule is CC1(C)c2cc(-c3cccc(N(c4ccccc4)c4ccc5c(c4)C(c4ccccc4)(c4ccccc4)c4ccccc4-5)c3)ccc2-c2sc3ccccc3c21. The van der Waals surface area contributed by atoms with Gasteiger partial charge >= 0.3 is 0 Å². The van der Waals surface area contributed by atoms with Crippen LogP contribution in [-0.2, 0) is 10.8 Å². The number of anilines is 3. The maximum atomic E-state index is 2.45. The van der Waals surface area contributed by atoms with Crippen LogP contribution in [0.2, 0.25) is 0 Å². The van der Waals surface area contributed by atoms with Gasteiger partial charge < -0.3 is 4.90 Å². The smallest absolute Gasteiger partial charge is 0.0714 e. The minimum Gasteiger partial charge on any atom is -0.310 e. The van der Waals surface area contributed by atoms with Gasteiger partial charge in [0, 0.05) is 32.1 Å². The number of fused-ring (bicyclic) bond motifs is 8. The van der Waals surface area contributed by atoms with Crippen molar-refractivity contribution in [1.29, 1.82) is 0 Å². The minimum absolute atomic E-state index is 0.0834. The van der Waals surface area contributed by atoms with Crippen LogP contribution in [0.25, 0.3) is 42.8 Å². The van der Waals surface area contributed by atoms with Crippen molar-refractivity contribution in [3.8, 4) is 32.7 Å². The fourth-order valence-electron chi connectivity index (χ4n) is 9.85. The average molecular weight is 734 g/mol. The number of hydrogen-bond donors (Lipinski definition) is 0. The van der Waals surface area contributed by atoms with E-state index in [1.807, 2.05) is 11.3 Å². The highest BCUT2D eigenvalue weighted by atomic mass is 32.1. The molecule has 0 saturated heterocycles. The minimum atomic E-state index is -0.473. The largest absolute Gasteiger partial charge is 0.310 e. The molecule has 0 N–H and O–H groups in total. The molecule has 0 saturated carbocycles. The van der Waals surface area contributed by atoms with Crippen molar-refractivity contribution >= 4 is 38.5 Å². The Morgan fingerprint density at radius 3 is 1.77 bits per heavy atom. The van der Waals surface area contributed by atoms with Gasteiger partial charge in [0.25, 0.3) is 0 Å². The van der Waals surface area contributed by atoms with Gasteiger partial charge in [-0.2, -0.15) is 0 Å². The van der Waals surface area contributed by atoms with E-state index in [1.165, 1.54) is 76.2 Å². The number of benzene rings is 8. The van der Waals surface area contributed by atoms with E-state index in [9.17, 15) is 0 Å². The Kier molecular flexibility index (Phi) is 7.36. The highest BCUT2D eigenvalue weighted by molar-refractivity contribution is 7.22. The molecule has 0 amide bonds. The van der Waals surface area contributed by atoms with Crippen molar-refractivity contribution in [2.45, 2.75) is 24.7 Å². The third-order valence-electron chi connectivity index (χ3n) is 12.3. The molecule has 1 heterocycles. The molecule has 2 aliphatic rings. The van der Waals surface area contributed by atoms with E-state index in [4.69, 9.17) is 0 Å². The molecular weight excluding hydrogens is 695 g/mol. The lowest BCUT2D eigenvalue weighted by atomic mass is 9.67. The first-order valence-corrected chi connectivity index (χ1v) is 20.3. The first kappa shape index (κ1) is 32.9. The van der Waals surface area contributed by atoms with Crippen molar-refractivity contribution in [2.75, 3.05) is 4.90 Å². The quantitative estimate of drug-likeness (QED) is 0.164. The molecule has 0 atom stereocenters. The average Bonchev–Trinajstić information content (AvgIpc) is 3.86. The van der Waals surface area contributed by atoms with E-state index in [1.54, 1.807) is 0 Å². The molecule has 9 aromatic rings. The number of rotatable bonds is 6. The van der Waals surface area contributed by atoms with Crippen LogP contribution in [0.15, 0.2) is 200 Å². The predicted molar refractivity (Wildman–Crippen MR) is 237 cm³/mol. The summed E-state index contributed by atoms with van der Waals surface area (Å²) in [6, 6.07) is 74.1. The van der Waals surface area contributed by atoms with Gasteiger partial charge in [0.15, 0.2) is 0 Å². The maximum Gasteiger partial charge on any atom is 0.0714 e. The van der Waals surface area contributed by atoms with Crippen LogP contribution in [0.4, 0.5) is 17.1 Å². The summed E-state index contributed by atoms with van der Waals surface area (Å²) in [5.74, 6) is 0. The van der Waals surface area contributed by atoms with Crippen LogP contribution in [-0.4, -0.2) is 0 Å². The van der Waals surface area contributed by atoms with E-state index in [0.717, 1.165) is 17.1 Å². The van der Waals surface area contributed by atoms with Gasteiger partial charge in [0.05, 0.1) is 5.41 Å². The number of thiophene rings is 1. The Morgan fingerprint density at radius 2 is 1.00 bits per heavy atom. The van der Waals surface area contributed by atoms with Crippen LogP contribution in [0, 0.1) is 0 Å². The Bertz CT molecular complexity index is 2900. The predicted octanol–water partition coefficient (Wildman–Crippen LogP) is 14.7. The zero-order valence-electron chi connectivity index (χ0n) is 31.4. The van der Waals surface area contributed by atoms with Gasteiger partial charge in [-0.25, -0.2) is 0 Å². The second-order valence-corrected chi connectivity index (χ2v) is 16.7. The Hall–Kier alpha value is -6.48. The van der Waals surface area contributed by atoms with Gasteiger partial charge in [-0.15, -0.1) is 11.3 Å². The van der Waals surface area contributed by atoms with Gasteiger partial charge in [0.1, 0.15) is 0 Å². The number of para-hydroxylation sites is 1. The van der Waals surface area contributed by atoms with Crippen molar-refractivity contribution in [3.05, 3.63) is 234 Å². The molecule has 0 radical (unpaired) electrons. The normalized spacial score (nSPS) is 14.2. The van der Waals surface area contributed by atoms with Crippen LogP contribution in [0.3, 0.4) is 0 Å². The Labute approximate surface area is 332 Å². The van der Waals surface area contributed by atoms with Crippen molar-refractivity contribution in [2.24, 2.45) is 0 Å². The highest BCUT2D eigenvalue weighted by Crippen LogP contribution is 2.58. The van der Waals surface area contributed by atoms with Crippen molar-refractivity contribution < 1.29 is 0 Å². The van der Waals surface area contributed by atoms with Gasteiger partial charge in [0.2, 0.25) is 0 Å². The van der Waals surface area contributed by atoms with E-state index < -0.39 is 5.41 Å². The molecule has 8 aromatic carbocycles. The summed E-state index contributed by atoms with van der Waals surface area (Å²) in [5.41, 5.74) is 17.2. The highest BCUT2D eigenvalue weighted by Gasteiger charge is 2.46. The summed E-state index contributed by atoms with van der Waals surface area (Å²) in [4.78, 5) is 3.84. The topological polar surface area (TPSA) is 3.24 Å². The third-order valence-corrected chi connectivity index (χ3v) is 13.5. The fraction of sp³-hybridized carbons (Fsp3) is 0.0741. The van der Waals surface area contributed by atoms with E-state index in [0.29, 0.717) is 0 Å². The Balaban J connectivity index is 1.08. The summed E-state index contributed by atoms with van der Waals surface area (Å²) < 4.78 is 1.37. The summed E-state index contributed by atoms with van der Waals surface area (Å²) in [6.45, 7) is 4.79. The molecule has 56 heavy (non-hydrogen) atoms. The molecule has 0 unspecified atom stereocenters. The Morgan fingerprint density at radius 1 is 0.411 bits per heavy atom. The molecule has 11 rings (SSSR count). The van der Waals surface area contributed by atoms with Crippen LogP contribution < -0.4 is 4.90 Å². The summed E-state index contributed by atoms with van der Waals surface area (Å²) >= 11 is 1.93. The fourth-order valence-corrected chi connectivity index (χ4v) is 11.3.